The minimum atomic E-state index is -1.61. The van der Waals surface area contributed by atoms with Crippen LogP contribution in [0.15, 0.2) is 0 Å². The van der Waals surface area contributed by atoms with Crippen molar-refractivity contribution in [2.45, 2.75) is 110 Å². The van der Waals surface area contributed by atoms with Gasteiger partial charge in [-0.15, -0.1) is 0 Å². The van der Waals surface area contributed by atoms with E-state index in [-0.39, 0.29) is 18.3 Å². The highest BCUT2D eigenvalue weighted by atomic mass is 16.4. The molecule has 0 aliphatic rings. The molecule has 0 saturated heterocycles. The highest BCUT2D eigenvalue weighted by Crippen LogP contribution is 2.09. The molecule has 6 amide bonds. The average molecular weight is 674 g/mol. The van der Waals surface area contributed by atoms with Crippen molar-refractivity contribution in [1.29, 1.82) is 0 Å². The first-order valence-corrected chi connectivity index (χ1v) is 15.4. The minimum Gasteiger partial charge on any atom is -0.481 e. The van der Waals surface area contributed by atoms with Crippen LogP contribution in [0.4, 0.5) is 0 Å². The molecule has 0 aliphatic heterocycles. The third-order valence-electron chi connectivity index (χ3n) is 7.26. The normalized spacial score (nSPS) is 15.6. The number of rotatable bonds is 22. The molecular formula is C29H51N7O11. The maximum atomic E-state index is 13.3. The van der Waals surface area contributed by atoms with Gasteiger partial charge in [0.25, 0.3) is 0 Å². The van der Waals surface area contributed by atoms with Crippen molar-refractivity contribution in [2.75, 3.05) is 6.61 Å². The van der Waals surface area contributed by atoms with E-state index in [1.165, 1.54) is 13.8 Å². The summed E-state index contributed by atoms with van der Waals surface area (Å²) < 4.78 is 0. The van der Waals surface area contributed by atoms with Crippen LogP contribution in [0.1, 0.15) is 73.6 Å². The number of carbonyl (C=O) groups is 8. The Morgan fingerprint density at radius 3 is 1.62 bits per heavy atom. The van der Waals surface area contributed by atoms with Crippen LogP contribution in [-0.2, 0) is 38.4 Å². The number of carboxylic acids is 2. The van der Waals surface area contributed by atoms with Crippen LogP contribution in [0.3, 0.4) is 0 Å². The van der Waals surface area contributed by atoms with Crippen LogP contribution < -0.4 is 38.1 Å². The van der Waals surface area contributed by atoms with Gasteiger partial charge in [0.2, 0.25) is 35.4 Å². The summed E-state index contributed by atoms with van der Waals surface area (Å²) in [4.78, 5) is 99.5. The molecule has 0 spiro atoms. The number of hydrogen-bond donors (Lipinski definition) is 10. The van der Waals surface area contributed by atoms with E-state index in [1.54, 1.807) is 27.7 Å². The number of amides is 6. The predicted molar refractivity (Wildman–Crippen MR) is 167 cm³/mol. The highest BCUT2D eigenvalue weighted by Gasteiger charge is 2.34. The Hall–Kier alpha value is -4.32. The zero-order valence-corrected chi connectivity index (χ0v) is 27.7. The van der Waals surface area contributed by atoms with Crippen LogP contribution in [0, 0.1) is 17.8 Å². The lowest BCUT2D eigenvalue weighted by atomic mass is 9.99. The van der Waals surface area contributed by atoms with Crippen LogP contribution in [0.25, 0.3) is 0 Å². The van der Waals surface area contributed by atoms with Gasteiger partial charge in [0.05, 0.1) is 19.1 Å². The Labute approximate surface area is 273 Å². The number of carbonyl (C=O) groups excluding carboxylic acids is 6. The van der Waals surface area contributed by atoms with Crippen LogP contribution in [0.5, 0.6) is 0 Å². The Morgan fingerprint density at radius 2 is 1.17 bits per heavy atom. The van der Waals surface area contributed by atoms with Gasteiger partial charge in [0.15, 0.2) is 0 Å². The number of aliphatic hydroxyl groups excluding tert-OH is 1. The summed E-state index contributed by atoms with van der Waals surface area (Å²) in [5.74, 6) is -9.40. The van der Waals surface area contributed by atoms with E-state index in [0.29, 0.717) is 6.42 Å². The molecule has 7 unspecified atom stereocenters. The smallest absolute Gasteiger partial charge is 0.326 e. The summed E-state index contributed by atoms with van der Waals surface area (Å²) in [5.41, 5.74) is 11.1. The molecule has 0 aromatic rings. The van der Waals surface area contributed by atoms with Gasteiger partial charge in [0.1, 0.15) is 30.2 Å². The Morgan fingerprint density at radius 1 is 0.681 bits per heavy atom. The molecule has 0 fully saturated rings. The standard InChI is InChI=1S/C29H51N7O11/c1-7-15(6)22(31)27(44)35-19(12-37)26(43)32-16(8-9-21(39)40)24(41)36-23(14(4)5)28(45)33-17(11-20(30)38)25(42)34-18(29(46)47)10-13(2)3/h13-19,22-23,37H,7-12,31H2,1-6H3,(H2,30,38)(H,32,43)(H,33,45)(H,34,42)(H,35,44)(H,36,41)(H,39,40)(H,46,47). The molecule has 0 heterocycles. The van der Waals surface area contributed by atoms with Crippen molar-refractivity contribution in [3.05, 3.63) is 0 Å². The molecule has 18 heteroatoms. The monoisotopic (exact) mass is 673 g/mol. The van der Waals surface area contributed by atoms with Gasteiger partial charge in [-0.25, -0.2) is 4.79 Å². The van der Waals surface area contributed by atoms with E-state index >= 15 is 0 Å². The summed E-state index contributed by atoms with van der Waals surface area (Å²) in [7, 11) is 0. The Bertz CT molecular complexity index is 1130. The summed E-state index contributed by atoms with van der Waals surface area (Å²) in [6.45, 7) is 9.16. The van der Waals surface area contributed by atoms with Crippen molar-refractivity contribution >= 4 is 47.4 Å². The van der Waals surface area contributed by atoms with E-state index < -0.39 is 115 Å². The highest BCUT2D eigenvalue weighted by molar-refractivity contribution is 5.97. The van der Waals surface area contributed by atoms with Crippen LogP contribution in [0.2, 0.25) is 0 Å². The van der Waals surface area contributed by atoms with Gasteiger partial charge in [-0.2, -0.15) is 0 Å². The number of nitrogens with two attached hydrogens (primary N) is 2. The molecule has 0 aliphatic carbocycles. The fraction of sp³-hybridized carbons (Fsp3) is 0.724. The molecule has 0 bridgehead atoms. The summed E-state index contributed by atoms with van der Waals surface area (Å²) in [6, 6.07) is -8.43. The first-order chi connectivity index (χ1) is 21.7. The minimum absolute atomic E-state index is 0.0535. The molecule has 0 aromatic heterocycles. The maximum Gasteiger partial charge on any atom is 0.326 e. The van der Waals surface area contributed by atoms with Crippen molar-refractivity contribution in [2.24, 2.45) is 29.2 Å². The van der Waals surface area contributed by atoms with Crippen LogP contribution in [-0.4, -0.2) is 106 Å². The van der Waals surface area contributed by atoms with E-state index in [9.17, 15) is 53.7 Å². The molecule has 0 saturated carbocycles. The molecule has 268 valence electrons. The molecule has 0 rings (SSSR count). The van der Waals surface area contributed by atoms with Gasteiger partial charge < -0.3 is 53.4 Å². The van der Waals surface area contributed by atoms with Crippen molar-refractivity contribution < 1.29 is 53.7 Å². The second kappa shape index (κ2) is 20.7. The lowest BCUT2D eigenvalue weighted by molar-refractivity contribution is -0.143. The largest absolute Gasteiger partial charge is 0.481 e. The van der Waals surface area contributed by atoms with E-state index in [0.717, 1.165) is 0 Å². The third kappa shape index (κ3) is 15.7. The summed E-state index contributed by atoms with van der Waals surface area (Å²) in [5, 5.41) is 39.9. The number of aliphatic carboxylic acids is 2. The SMILES string of the molecule is CCC(C)C(N)C(=O)NC(CO)C(=O)NC(CCC(=O)O)C(=O)NC(C(=O)NC(CC(N)=O)C(=O)NC(CC(C)C)C(=O)O)C(C)C. The van der Waals surface area contributed by atoms with Gasteiger partial charge in [-0.3, -0.25) is 33.6 Å². The van der Waals surface area contributed by atoms with Crippen molar-refractivity contribution in [1.82, 2.24) is 26.6 Å². The fourth-order valence-corrected chi connectivity index (χ4v) is 4.21. The molecular weight excluding hydrogens is 622 g/mol. The predicted octanol–water partition coefficient (Wildman–Crippen LogP) is -2.70. The van der Waals surface area contributed by atoms with Gasteiger partial charge in [0, 0.05) is 6.42 Å². The van der Waals surface area contributed by atoms with Gasteiger partial charge in [-0.1, -0.05) is 48.0 Å². The molecule has 47 heavy (non-hydrogen) atoms. The molecule has 7 atom stereocenters. The number of hydrogen-bond acceptors (Lipinski definition) is 10. The second-order valence-electron chi connectivity index (χ2n) is 12.1. The molecule has 18 nitrogen and oxygen atoms in total. The van der Waals surface area contributed by atoms with E-state index in [2.05, 4.69) is 26.6 Å². The zero-order valence-electron chi connectivity index (χ0n) is 27.7. The summed E-state index contributed by atoms with van der Waals surface area (Å²) in [6.07, 6.45) is -1.12. The third-order valence-corrected chi connectivity index (χ3v) is 7.26. The molecule has 0 radical (unpaired) electrons. The van der Waals surface area contributed by atoms with Crippen molar-refractivity contribution in [3.63, 3.8) is 0 Å². The Kier molecular flexibility index (Phi) is 18.8. The lowest BCUT2D eigenvalue weighted by Gasteiger charge is -2.28. The zero-order chi connectivity index (χ0) is 36.6. The number of aliphatic hydroxyl groups is 1. The first-order valence-electron chi connectivity index (χ1n) is 15.4. The van der Waals surface area contributed by atoms with Gasteiger partial charge >= 0.3 is 11.9 Å². The maximum absolute atomic E-state index is 13.3. The van der Waals surface area contributed by atoms with Gasteiger partial charge in [-0.05, 0) is 30.6 Å². The van der Waals surface area contributed by atoms with Crippen LogP contribution >= 0.6 is 0 Å². The number of carboxylic acid groups (broad SMARTS) is 2. The quantitative estimate of drug-likeness (QED) is 0.0561. The Balaban J connectivity index is 6.00. The fourth-order valence-electron chi connectivity index (χ4n) is 4.21. The number of nitrogens with one attached hydrogen (secondary N) is 5. The average Bonchev–Trinajstić information content (AvgIpc) is 2.97. The summed E-state index contributed by atoms with van der Waals surface area (Å²) >= 11 is 0. The van der Waals surface area contributed by atoms with E-state index in [4.69, 9.17) is 11.5 Å². The number of primary amides is 1. The lowest BCUT2D eigenvalue weighted by Crippen LogP contribution is -2.61. The molecule has 0 aromatic carbocycles. The van der Waals surface area contributed by atoms with Crippen molar-refractivity contribution in [3.8, 4) is 0 Å². The second-order valence-corrected chi connectivity index (χ2v) is 12.1. The van der Waals surface area contributed by atoms with E-state index in [1.807, 2.05) is 0 Å². The molecule has 12 N–H and O–H groups in total. The topological polar surface area (TPSA) is 309 Å². The first kappa shape index (κ1) is 42.7.